The molecule has 1 aliphatic rings. The fourth-order valence-corrected chi connectivity index (χ4v) is 2.38. The average molecular weight is 254 g/mol. The predicted molar refractivity (Wildman–Crippen MR) is 68.3 cm³/mol. The van der Waals surface area contributed by atoms with E-state index in [2.05, 4.69) is 17.1 Å². The third kappa shape index (κ3) is 3.50. The fourth-order valence-electron chi connectivity index (χ4n) is 2.38. The van der Waals surface area contributed by atoms with Crippen LogP contribution < -0.4 is 5.32 Å². The highest BCUT2D eigenvalue weighted by atomic mass is 19.1. The van der Waals surface area contributed by atoms with Crippen molar-refractivity contribution in [1.82, 2.24) is 10.2 Å². The Morgan fingerprint density at radius 3 is 2.94 bits per heavy atom. The van der Waals surface area contributed by atoms with Crippen molar-refractivity contribution in [3.05, 3.63) is 35.4 Å². The molecule has 1 aliphatic heterocycles. The number of nitrogens with one attached hydrogen (secondary N) is 1. The molecule has 0 amide bonds. The summed E-state index contributed by atoms with van der Waals surface area (Å²) < 4.78 is 26.4. The van der Waals surface area contributed by atoms with E-state index in [4.69, 9.17) is 0 Å². The Morgan fingerprint density at radius 2 is 2.22 bits per heavy atom. The molecule has 1 atom stereocenters. The number of hydrogen-bond donors (Lipinski definition) is 1. The summed E-state index contributed by atoms with van der Waals surface area (Å²) in [6.07, 6.45) is 2.14. The summed E-state index contributed by atoms with van der Waals surface area (Å²) in [5.41, 5.74) is 0.577. The van der Waals surface area contributed by atoms with Gasteiger partial charge in [0, 0.05) is 30.8 Å². The number of benzene rings is 1. The van der Waals surface area contributed by atoms with Crippen LogP contribution in [0.15, 0.2) is 18.2 Å². The molecule has 1 aromatic rings. The first kappa shape index (κ1) is 13.4. The molecule has 1 heterocycles. The van der Waals surface area contributed by atoms with Crippen LogP contribution in [0.5, 0.6) is 0 Å². The molecule has 1 fully saturated rings. The van der Waals surface area contributed by atoms with E-state index in [-0.39, 0.29) is 0 Å². The van der Waals surface area contributed by atoms with Gasteiger partial charge in [0.1, 0.15) is 11.6 Å². The molecule has 2 rings (SSSR count). The number of halogens is 2. The van der Waals surface area contributed by atoms with E-state index >= 15 is 0 Å². The quantitative estimate of drug-likeness (QED) is 0.891. The van der Waals surface area contributed by atoms with Gasteiger partial charge in [-0.1, -0.05) is 13.0 Å². The fraction of sp³-hybridized carbons (Fsp3) is 0.571. The molecule has 0 aromatic heterocycles. The Morgan fingerprint density at radius 1 is 1.39 bits per heavy atom. The Balaban J connectivity index is 2.02. The van der Waals surface area contributed by atoms with E-state index in [1.807, 2.05) is 0 Å². The first-order valence-corrected chi connectivity index (χ1v) is 6.58. The molecular weight excluding hydrogens is 234 g/mol. The summed E-state index contributed by atoms with van der Waals surface area (Å²) in [5, 5.41) is 3.48. The highest BCUT2D eigenvalue weighted by Gasteiger charge is 2.17. The van der Waals surface area contributed by atoms with Crippen molar-refractivity contribution in [3.63, 3.8) is 0 Å². The molecule has 1 N–H and O–H groups in total. The molecule has 0 spiro atoms. The third-order valence-electron chi connectivity index (χ3n) is 3.46. The second-order valence-corrected chi connectivity index (χ2v) is 4.88. The van der Waals surface area contributed by atoms with Gasteiger partial charge in [0.2, 0.25) is 0 Å². The lowest BCUT2D eigenvalue weighted by Crippen LogP contribution is -2.36. The monoisotopic (exact) mass is 254 g/mol. The third-order valence-corrected chi connectivity index (χ3v) is 3.46. The van der Waals surface area contributed by atoms with Crippen LogP contribution in [0.4, 0.5) is 8.78 Å². The smallest absolute Gasteiger partial charge is 0.130 e. The largest absolute Gasteiger partial charge is 0.313 e. The molecule has 0 aliphatic carbocycles. The Kier molecular flexibility index (Phi) is 4.66. The van der Waals surface area contributed by atoms with Gasteiger partial charge in [0.25, 0.3) is 0 Å². The molecule has 1 aromatic carbocycles. The van der Waals surface area contributed by atoms with Gasteiger partial charge < -0.3 is 5.32 Å². The lowest BCUT2D eigenvalue weighted by atomic mass is 10.1. The van der Waals surface area contributed by atoms with Crippen molar-refractivity contribution in [3.8, 4) is 0 Å². The second-order valence-electron chi connectivity index (χ2n) is 4.88. The van der Waals surface area contributed by atoms with E-state index < -0.39 is 11.6 Å². The van der Waals surface area contributed by atoms with Crippen LogP contribution >= 0.6 is 0 Å². The lowest BCUT2D eigenvalue weighted by molar-refractivity contribution is 0.254. The maximum absolute atomic E-state index is 13.6. The highest BCUT2D eigenvalue weighted by Crippen LogP contribution is 2.14. The molecule has 0 bridgehead atoms. The van der Waals surface area contributed by atoms with Gasteiger partial charge in [0.05, 0.1) is 0 Å². The zero-order chi connectivity index (χ0) is 13.0. The van der Waals surface area contributed by atoms with Crippen molar-refractivity contribution in [1.29, 1.82) is 0 Å². The minimum Gasteiger partial charge on any atom is -0.313 e. The van der Waals surface area contributed by atoms with Gasteiger partial charge in [-0.3, -0.25) is 4.90 Å². The highest BCUT2D eigenvalue weighted by molar-refractivity contribution is 5.18. The summed E-state index contributed by atoms with van der Waals surface area (Å²) in [6, 6.07) is 4.30. The molecule has 4 heteroatoms. The molecule has 2 nitrogen and oxygen atoms in total. The van der Waals surface area contributed by atoms with Gasteiger partial charge in [-0.2, -0.15) is 0 Å². The summed E-state index contributed by atoms with van der Waals surface area (Å²) in [7, 11) is 0. The number of hydrogen-bond acceptors (Lipinski definition) is 2. The molecular formula is C14H20F2N2. The molecule has 18 heavy (non-hydrogen) atoms. The van der Waals surface area contributed by atoms with Crippen molar-refractivity contribution < 1.29 is 8.78 Å². The van der Waals surface area contributed by atoms with E-state index in [9.17, 15) is 8.78 Å². The van der Waals surface area contributed by atoms with Crippen LogP contribution in [0.2, 0.25) is 0 Å². The zero-order valence-electron chi connectivity index (χ0n) is 10.8. The normalized spacial score (nSPS) is 21.8. The number of nitrogens with zero attached hydrogens (tertiary/aromatic N) is 1. The first-order valence-electron chi connectivity index (χ1n) is 6.58. The van der Waals surface area contributed by atoms with Gasteiger partial charge in [0.15, 0.2) is 0 Å². The molecule has 100 valence electrons. The van der Waals surface area contributed by atoms with Crippen molar-refractivity contribution >= 4 is 0 Å². The maximum Gasteiger partial charge on any atom is 0.130 e. The Labute approximate surface area is 107 Å². The zero-order valence-corrected chi connectivity index (χ0v) is 10.8. The van der Waals surface area contributed by atoms with E-state index in [1.54, 1.807) is 6.07 Å². The predicted octanol–water partition coefficient (Wildman–Crippen LogP) is 2.54. The molecule has 1 unspecified atom stereocenters. The number of rotatable bonds is 3. The molecule has 1 saturated heterocycles. The van der Waals surface area contributed by atoms with E-state index in [1.165, 1.54) is 6.07 Å². The Hall–Kier alpha value is -1.00. The van der Waals surface area contributed by atoms with Crippen molar-refractivity contribution in [2.75, 3.05) is 19.6 Å². The SMILES string of the molecule is CCC1CN(Cc2ccc(F)cc2F)CCCN1. The maximum atomic E-state index is 13.6. The molecule has 0 radical (unpaired) electrons. The van der Waals surface area contributed by atoms with E-state index in [0.717, 1.165) is 38.5 Å². The van der Waals surface area contributed by atoms with Crippen LogP contribution in [0.1, 0.15) is 25.3 Å². The summed E-state index contributed by atoms with van der Waals surface area (Å²) >= 11 is 0. The van der Waals surface area contributed by atoms with E-state index in [0.29, 0.717) is 18.2 Å². The average Bonchev–Trinajstić information content (AvgIpc) is 2.58. The topological polar surface area (TPSA) is 15.3 Å². The van der Waals surface area contributed by atoms with Gasteiger partial charge in [-0.15, -0.1) is 0 Å². The second kappa shape index (κ2) is 6.25. The van der Waals surface area contributed by atoms with Crippen LogP contribution in [-0.4, -0.2) is 30.6 Å². The summed E-state index contributed by atoms with van der Waals surface area (Å²) in [5.74, 6) is -0.958. The summed E-state index contributed by atoms with van der Waals surface area (Å²) in [6.45, 7) is 5.61. The van der Waals surface area contributed by atoms with Gasteiger partial charge >= 0.3 is 0 Å². The minimum absolute atomic E-state index is 0.444. The standard InChI is InChI=1S/C14H20F2N2/c1-2-13-10-18(7-3-6-17-13)9-11-4-5-12(15)8-14(11)16/h4-5,8,13,17H,2-3,6-7,9-10H2,1H3. The van der Waals surface area contributed by atoms with Crippen LogP contribution in [0, 0.1) is 11.6 Å². The lowest BCUT2D eigenvalue weighted by Gasteiger charge is -2.23. The first-order chi connectivity index (χ1) is 8.69. The Bertz CT molecular complexity index is 395. The molecule has 0 saturated carbocycles. The van der Waals surface area contributed by atoms with Crippen LogP contribution in [0.25, 0.3) is 0 Å². The van der Waals surface area contributed by atoms with Crippen molar-refractivity contribution in [2.45, 2.75) is 32.4 Å². The van der Waals surface area contributed by atoms with Gasteiger partial charge in [-0.25, -0.2) is 8.78 Å². The van der Waals surface area contributed by atoms with Crippen LogP contribution in [-0.2, 0) is 6.54 Å². The minimum atomic E-state index is -0.514. The van der Waals surface area contributed by atoms with Crippen LogP contribution in [0.3, 0.4) is 0 Å². The van der Waals surface area contributed by atoms with Crippen molar-refractivity contribution in [2.24, 2.45) is 0 Å². The summed E-state index contributed by atoms with van der Waals surface area (Å²) in [4.78, 5) is 2.24. The van der Waals surface area contributed by atoms with Gasteiger partial charge in [-0.05, 0) is 32.0 Å².